The molecule has 1 unspecified atom stereocenters. The van der Waals surface area contributed by atoms with E-state index < -0.39 is 23.5 Å². The third kappa shape index (κ3) is 3.14. The van der Waals surface area contributed by atoms with Gasteiger partial charge in [0, 0.05) is 16.6 Å². The van der Waals surface area contributed by atoms with Gasteiger partial charge < -0.3 is 5.32 Å². The molecule has 0 spiro atoms. The van der Waals surface area contributed by atoms with Crippen LogP contribution in [-0.2, 0) is 6.42 Å². The van der Waals surface area contributed by atoms with Crippen LogP contribution < -0.4 is 5.32 Å². The van der Waals surface area contributed by atoms with Gasteiger partial charge in [-0.1, -0.05) is 17.7 Å². The van der Waals surface area contributed by atoms with Crippen LogP contribution in [0.1, 0.15) is 17.2 Å². The van der Waals surface area contributed by atoms with Crippen molar-refractivity contribution in [1.29, 1.82) is 0 Å². The second-order valence-electron chi connectivity index (χ2n) is 4.42. The first kappa shape index (κ1) is 14.9. The third-order valence-electron chi connectivity index (χ3n) is 3.13. The molecule has 0 amide bonds. The SMILES string of the molecule is CNC(Cc1cc(F)ccc1Cl)c1c(F)cccc1F. The summed E-state index contributed by atoms with van der Waals surface area (Å²) in [6, 6.07) is 6.99. The lowest BCUT2D eigenvalue weighted by Crippen LogP contribution is -2.21. The minimum Gasteiger partial charge on any atom is -0.313 e. The predicted molar refractivity (Wildman–Crippen MR) is 73.3 cm³/mol. The van der Waals surface area contributed by atoms with Crippen molar-refractivity contribution in [2.45, 2.75) is 12.5 Å². The number of hydrogen-bond acceptors (Lipinski definition) is 1. The second kappa shape index (κ2) is 6.29. The number of hydrogen-bond donors (Lipinski definition) is 1. The van der Waals surface area contributed by atoms with Crippen LogP contribution in [0.2, 0.25) is 5.02 Å². The molecule has 1 atom stereocenters. The summed E-state index contributed by atoms with van der Waals surface area (Å²) in [6.07, 6.45) is 0.185. The molecule has 0 saturated heterocycles. The summed E-state index contributed by atoms with van der Waals surface area (Å²) in [6.45, 7) is 0. The van der Waals surface area contributed by atoms with Gasteiger partial charge in [0.05, 0.1) is 0 Å². The molecule has 1 N–H and O–H groups in total. The molecule has 1 nitrogen and oxygen atoms in total. The zero-order chi connectivity index (χ0) is 14.7. The first-order chi connectivity index (χ1) is 9.52. The molecule has 5 heteroatoms. The minimum absolute atomic E-state index is 0.0738. The lowest BCUT2D eigenvalue weighted by molar-refractivity contribution is 0.488. The van der Waals surface area contributed by atoms with E-state index in [0.717, 1.165) is 0 Å². The summed E-state index contributed by atoms with van der Waals surface area (Å²) in [5.41, 5.74) is 0.420. The third-order valence-corrected chi connectivity index (χ3v) is 3.50. The highest BCUT2D eigenvalue weighted by Gasteiger charge is 2.20. The Balaban J connectivity index is 2.36. The quantitative estimate of drug-likeness (QED) is 0.889. The highest BCUT2D eigenvalue weighted by molar-refractivity contribution is 6.31. The molecule has 2 aromatic carbocycles. The van der Waals surface area contributed by atoms with Crippen molar-refractivity contribution in [2.24, 2.45) is 0 Å². The van der Waals surface area contributed by atoms with Crippen molar-refractivity contribution in [3.8, 4) is 0 Å². The molecule has 0 aliphatic heterocycles. The lowest BCUT2D eigenvalue weighted by Gasteiger charge is -2.19. The van der Waals surface area contributed by atoms with Crippen molar-refractivity contribution < 1.29 is 13.2 Å². The second-order valence-corrected chi connectivity index (χ2v) is 4.82. The van der Waals surface area contributed by atoms with Crippen LogP contribution in [0, 0.1) is 17.5 Å². The molecular formula is C15H13ClF3N. The topological polar surface area (TPSA) is 12.0 Å². The monoisotopic (exact) mass is 299 g/mol. The maximum atomic E-state index is 13.8. The van der Waals surface area contributed by atoms with Gasteiger partial charge in [-0.05, 0) is 49.4 Å². The molecule has 0 aliphatic rings. The first-order valence-corrected chi connectivity index (χ1v) is 6.46. The summed E-state index contributed by atoms with van der Waals surface area (Å²) < 4.78 is 40.8. The van der Waals surface area contributed by atoms with Crippen molar-refractivity contribution in [3.63, 3.8) is 0 Å². The standard InChI is InChI=1S/C15H13ClF3N/c1-20-14(15-12(18)3-2-4-13(15)19)8-9-7-10(17)5-6-11(9)16/h2-7,14,20H,8H2,1H3. The summed E-state index contributed by atoms with van der Waals surface area (Å²) in [7, 11) is 1.59. The summed E-state index contributed by atoms with van der Waals surface area (Å²) in [5, 5.41) is 3.20. The number of likely N-dealkylation sites (N-methyl/N-ethyl adjacent to an activating group) is 1. The van der Waals surface area contributed by atoms with E-state index in [4.69, 9.17) is 11.6 Å². The van der Waals surface area contributed by atoms with Gasteiger partial charge in [-0.3, -0.25) is 0 Å². The van der Waals surface area contributed by atoms with Crippen LogP contribution in [0.15, 0.2) is 36.4 Å². The van der Waals surface area contributed by atoms with E-state index in [2.05, 4.69) is 5.32 Å². The number of nitrogens with one attached hydrogen (secondary N) is 1. The van der Waals surface area contributed by atoms with Crippen molar-refractivity contribution in [1.82, 2.24) is 5.32 Å². The molecule has 0 fully saturated rings. The Kier molecular flexibility index (Phi) is 4.68. The predicted octanol–water partition coefficient (Wildman–Crippen LogP) is 4.26. The molecule has 0 saturated carbocycles. The van der Waals surface area contributed by atoms with Crippen LogP contribution in [0.5, 0.6) is 0 Å². The van der Waals surface area contributed by atoms with E-state index in [1.165, 1.54) is 36.4 Å². The van der Waals surface area contributed by atoms with Crippen LogP contribution in [0.3, 0.4) is 0 Å². The van der Waals surface area contributed by atoms with E-state index in [1.807, 2.05) is 0 Å². The molecular weight excluding hydrogens is 287 g/mol. The van der Waals surface area contributed by atoms with E-state index in [-0.39, 0.29) is 12.0 Å². The molecule has 106 valence electrons. The molecule has 0 aliphatic carbocycles. The Morgan fingerprint density at radius 1 is 1.10 bits per heavy atom. The van der Waals surface area contributed by atoms with Crippen LogP contribution >= 0.6 is 11.6 Å². The maximum Gasteiger partial charge on any atom is 0.130 e. The average molecular weight is 300 g/mol. The van der Waals surface area contributed by atoms with Gasteiger partial charge in [0.2, 0.25) is 0 Å². The van der Waals surface area contributed by atoms with Gasteiger partial charge in [0.25, 0.3) is 0 Å². The van der Waals surface area contributed by atoms with Gasteiger partial charge >= 0.3 is 0 Å². The number of benzene rings is 2. The van der Waals surface area contributed by atoms with E-state index in [0.29, 0.717) is 10.6 Å². The summed E-state index contributed by atoms with van der Waals surface area (Å²) in [4.78, 5) is 0. The van der Waals surface area contributed by atoms with E-state index >= 15 is 0 Å². The van der Waals surface area contributed by atoms with Crippen LogP contribution in [0.4, 0.5) is 13.2 Å². The average Bonchev–Trinajstić information content (AvgIpc) is 2.41. The van der Waals surface area contributed by atoms with E-state index in [1.54, 1.807) is 7.05 Å². The Labute approximate surface area is 120 Å². The highest BCUT2D eigenvalue weighted by Crippen LogP contribution is 2.27. The zero-order valence-electron chi connectivity index (χ0n) is 10.8. The molecule has 0 aromatic heterocycles. The van der Waals surface area contributed by atoms with Gasteiger partial charge in [0.1, 0.15) is 17.5 Å². The molecule has 0 radical (unpaired) electrons. The van der Waals surface area contributed by atoms with Crippen LogP contribution in [0.25, 0.3) is 0 Å². The highest BCUT2D eigenvalue weighted by atomic mass is 35.5. The largest absolute Gasteiger partial charge is 0.313 e. The van der Waals surface area contributed by atoms with Crippen molar-refractivity contribution in [2.75, 3.05) is 7.05 Å². The van der Waals surface area contributed by atoms with Gasteiger partial charge in [-0.25, -0.2) is 13.2 Å². The zero-order valence-corrected chi connectivity index (χ0v) is 11.5. The lowest BCUT2D eigenvalue weighted by atomic mass is 9.98. The summed E-state index contributed by atoms with van der Waals surface area (Å²) >= 11 is 5.98. The smallest absolute Gasteiger partial charge is 0.130 e. The Morgan fingerprint density at radius 3 is 2.35 bits per heavy atom. The van der Waals surface area contributed by atoms with Gasteiger partial charge in [-0.2, -0.15) is 0 Å². The molecule has 0 bridgehead atoms. The fraction of sp³-hybridized carbons (Fsp3) is 0.200. The van der Waals surface area contributed by atoms with E-state index in [9.17, 15) is 13.2 Å². The Bertz CT molecular complexity index is 596. The molecule has 0 heterocycles. The first-order valence-electron chi connectivity index (χ1n) is 6.08. The normalized spacial score (nSPS) is 12.4. The van der Waals surface area contributed by atoms with Crippen molar-refractivity contribution in [3.05, 3.63) is 70.0 Å². The molecule has 2 aromatic rings. The van der Waals surface area contributed by atoms with Crippen molar-refractivity contribution >= 4 is 11.6 Å². The Hall–Kier alpha value is -1.52. The number of halogens is 4. The molecule has 2 rings (SSSR count). The maximum absolute atomic E-state index is 13.8. The minimum atomic E-state index is -0.642. The summed E-state index contributed by atoms with van der Waals surface area (Å²) in [5.74, 6) is -1.72. The van der Waals surface area contributed by atoms with Gasteiger partial charge in [-0.15, -0.1) is 0 Å². The molecule has 20 heavy (non-hydrogen) atoms. The fourth-order valence-electron chi connectivity index (χ4n) is 2.11. The number of rotatable bonds is 4. The Morgan fingerprint density at radius 2 is 1.75 bits per heavy atom. The van der Waals surface area contributed by atoms with Crippen LogP contribution in [-0.4, -0.2) is 7.05 Å². The van der Waals surface area contributed by atoms with Gasteiger partial charge in [0.15, 0.2) is 0 Å². The fourth-order valence-corrected chi connectivity index (χ4v) is 2.31.